The molecular formula is C17H16ClNO2. The lowest BCUT2D eigenvalue weighted by molar-refractivity contribution is 0.171. The second-order valence-corrected chi connectivity index (χ2v) is 5.96. The molecule has 2 atom stereocenters. The van der Waals surface area contributed by atoms with Crippen LogP contribution in [0.1, 0.15) is 28.7 Å². The Hall–Kier alpha value is -1.71. The number of ether oxygens (including phenoxy) is 2. The van der Waals surface area contributed by atoms with Crippen LogP contribution in [0.4, 0.5) is 0 Å². The zero-order valence-electron chi connectivity index (χ0n) is 11.5. The molecule has 0 fully saturated rings. The van der Waals surface area contributed by atoms with E-state index in [9.17, 15) is 0 Å². The molecule has 3 nitrogen and oxygen atoms in total. The summed E-state index contributed by atoms with van der Waals surface area (Å²) in [7, 11) is 0. The van der Waals surface area contributed by atoms with Crippen molar-refractivity contribution in [1.29, 1.82) is 0 Å². The van der Waals surface area contributed by atoms with Gasteiger partial charge in [0, 0.05) is 23.0 Å². The number of benzene rings is 2. The number of hydrogen-bond donors (Lipinski definition) is 1. The molecule has 108 valence electrons. The van der Waals surface area contributed by atoms with Gasteiger partial charge in [-0.15, -0.1) is 0 Å². The molecule has 4 rings (SSSR count). The maximum atomic E-state index is 6.47. The first-order valence-corrected chi connectivity index (χ1v) is 7.54. The summed E-state index contributed by atoms with van der Waals surface area (Å²) in [5.41, 5.74) is 10.1. The van der Waals surface area contributed by atoms with Crippen molar-refractivity contribution in [3.8, 4) is 11.5 Å². The molecule has 0 aromatic heterocycles. The highest BCUT2D eigenvalue weighted by molar-refractivity contribution is 6.31. The Morgan fingerprint density at radius 2 is 1.81 bits per heavy atom. The lowest BCUT2D eigenvalue weighted by Gasteiger charge is -2.35. The van der Waals surface area contributed by atoms with Gasteiger partial charge in [-0.25, -0.2) is 0 Å². The zero-order chi connectivity index (χ0) is 14.4. The molecule has 2 aromatic rings. The van der Waals surface area contributed by atoms with E-state index in [1.165, 1.54) is 11.1 Å². The smallest absolute Gasteiger partial charge is 0.162 e. The summed E-state index contributed by atoms with van der Waals surface area (Å²) >= 11 is 6.39. The number of halogens is 1. The lowest BCUT2D eigenvalue weighted by Crippen LogP contribution is -2.29. The topological polar surface area (TPSA) is 44.5 Å². The summed E-state index contributed by atoms with van der Waals surface area (Å²) in [6.07, 6.45) is 1.00. The number of nitrogens with two attached hydrogens (primary N) is 1. The van der Waals surface area contributed by atoms with Crippen LogP contribution in [0.25, 0.3) is 0 Å². The highest BCUT2D eigenvalue weighted by Gasteiger charge is 2.33. The fourth-order valence-corrected chi connectivity index (χ4v) is 3.45. The van der Waals surface area contributed by atoms with Gasteiger partial charge in [0.15, 0.2) is 11.5 Å². The van der Waals surface area contributed by atoms with Gasteiger partial charge in [0.05, 0.1) is 0 Å². The van der Waals surface area contributed by atoms with Gasteiger partial charge in [-0.3, -0.25) is 0 Å². The van der Waals surface area contributed by atoms with Crippen LogP contribution in [0.15, 0.2) is 36.4 Å². The van der Waals surface area contributed by atoms with Crippen LogP contribution >= 0.6 is 11.6 Å². The monoisotopic (exact) mass is 301 g/mol. The van der Waals surface area contributed by atoms with Gasteiger partial charge in [-0.05, 0) is 29.2 Å². The van der Waals surface area contributed by atoms with Gasteiger partial charge < -0.3 is 15.2 Å². The molecule has 1 heterocycles. The summed E-state index contributed by atoms with van der Waals surface area (Å²) in [4.78, 5) is 0. The first kappa shape index (κ1) is 13.0. The minimum absolute atomic E-state index is 0.122. The third-order valence-electron chi connectivity index (χ3n) is 4.35. The molecule has 1 aliphatic heterocycles. The molecular weight excluding hydrogens is 286 g/mol. The van der Waals surface area contributed by atoms with Crippen molar-refractivity contribution >= 4 is 11.6 Å². The van der Waals surface area contributed by atoms with Crippen LogP contribution in [0.2, 0.25) is 5.02 Å². The van der Waals surface area contributed by atoms with Crippen molar-refractivity contribution in [2.45, 2.75) is 18.4 Å². The Morgan fingerprint density at radius 3 is 2.57 bits per heavy atom. The third-order valence-corrected chi connectivity index (χ3v) is 4.68. The Labute approximate surface area is 128 Å². The minimum Gasteiger partial charge on any atom is -0.486 e. The van der Waals surface area contributed by atoms with E-state index in [2.05, 4.69) is 24.3 Å². The number of hydrogen-bond acceptors (Lipinski definition) is 3. The summed E-state index contributed by atoms with van der Waals surface area (Å²) in [6, 6.07) is 12.1. The van der Waals surface area contributed by atoms with Gasteiger partial charge >= 0.3 is 0 Å². The van der Waals surface area contributed by atoms with E-state index < -0.39 is 0 Å². The predicted molar refractivity (Wildman–Crippen MR) is 82.3 cm³/mol. The quantitative estimate of drug-likeness (QED) is 0.924. The zero-order valence-corrected chi connectivity index (χ0v) is 12.3. The summed E-state index contributed by atoms with van der Waals surface area (Å²) < 4.78 is 11.2. The van der Waals surface area contributed by atoms with Crippen LogP contribution in [-0.2, 0) is 6.42 Å². The van der Waals surface area contributed by atoms with Gasteiger partial charge in [0.2, 0.25) is 0 Å². The van der Waals surface area contributed by atoms with E-state index in [1.807, 2.05) is 12.1 Å². The number of fused-ring (bicyclic) bond motifs is 2. The first-order valence-electron chi connectivity index (χ1n) is 7.16. The van der Waals surface area contributed by atoms with Crippen molar-refractivity contribution in [2.75, 3.05) is 13.2 Å². The van der Waals surface area contributed by atoms with Gasteiger partial charge in [0.25, 0.3) is 0 Å². The van der Waals surface area contributed by atoms with Crippen LogP contribution in [0.5, 0.6) is 11.5 Å². The largest absolute Gasteiger partial charge is 0.486 e. The standard InChI is InChI=1S/C17H16ClNO2/c18-14-9-16-15(20-5-6-21-16)8-13(14)17(19)12-7-10-3-1-2-4-11(10)12/h1-4,8-9,12,17H,5-7,19H2. The molecule has 2 N–H and O–H groups in total. The molecule has 0 bridgehead atoms. The fourth-order valence-electron chi connectivity index (χ4n) is 3.17. The second-order valence-electron chi connectivity index (χ2n) is 5.55. The molecule has 2 aromatic carbocycles. The molecule has 0 amide bonds. The molecule has 21 heavy (non-hydrogen) atoms. The Morgan fingerprint density at radius 1 is 1.10 bits per heavy atom. The highest BCUT2D eigenvalue weighted by atomic mass is 35.5. The fraction of sp³-hybridized carbons (Fsp3) is 0.294. The first-order chi connectivity index (χ1) is 10.2. The average molecular weight is 302 g/mol. The van der Waals surface area contributed by atoms with E-state index in [1.54, 1.807) is 0 Å². The van der Waals surface area contributed by atoms with Crippen LogP contribution < -0.4 is 15.2 Å². The average Bonchev–Trinajstić information content (AvgIpc) is 2.47. The maximum Gasteiger partial charge on any atom is 0.162 e. The van der Waals surface area contributed by atoms with Crippen molar-refractivity contribution in [1.82, 2.24) is 0 Å². The molecule has 0 saturated heterocycles. The maximum absolute atomic E-state index is 6.47. The summed E-state index contributed by atoms with van der Waals surface area (Å²) in [5.74, 6) is 1.76. The number of rotatable bonds is 2. The van der Waals surface area contributed by atoms with Crippen molar-refractivity contribution in [3.05, 3.63) is 58.1 Å². The molecule has 1 aliphatic carbocycles. The van der Waals surface area contributed by atoms with Crippen molar-refractivity contribution < 1.29 is 9.47 Å². The minimum atomic E-state index is -0.122. The molecule has 0 radical (unpaired) electrons. The molecule has 4 heteroatoms. The second kappa shape index (κ2) is 4.93. The van der Waals surface area contributed by atoms with Gasteiger partial charge in [-0.2, -0.15) is 0 Å². The van der Waals surface area contributed by atoms with Crippen molar-refractivity contribution in [2.24, 2.45) is 5.73 Å². The van der Waals surface area contributed by atoms with E-state index in [0.29, 0.717) is 29.9 Å². The van der Waals surface area contributed by atoms with E-state index in [0.717, 1.165) is 17.7 Å². The predicted octanol–water partition coefficient (Wildman–Crippen LogP) is 3.45. The van der Waals surface area contributed by atoms with Crippen molar-refractivity contribution in [3.63, 3.8) is 0 Å². The van der Waals surface area contributed by atoms with E-state index in [4.69, 9.17) is 26.8 Å². The van der Waals surface area contributed by atoms with Crippen LogP contribution in [0, 0.1) is 0 Å². The van der Waals surface area contributed by atoms with Crippen LogP contribution in [-0.4, -0.2) is 13.2 Å². The summed E-state index contributed by atoms with van der Waals surface area (Å²) in [6.45, 7) is 1.13. The molecule has 2 aliphatic rings. The summed E-state index contributed by atoms with van der Waals surface area (Å²) in [5, 5.41) is 0.649. The SMILES string of the molecule is NC(c1cc2c(cc1Cl)OCCO2)C1Cc2ccccc21. The molecule has 2 unspecified atom stereocenters. The Bertz CT molecular complexity index is 701. The molecule has 0 saturated carbocycles. The molecule has 0 spiro atoms. The normalized spacial score (nSPS) is 20.4. The van der Waals surface area contributed by atoms with Crippen LogP contribution in [0.3, 0.4) is 0 Å². The van der Waals surface area contributed by atoms with E-state index in [-0.39, 0.29) is 6.04 Å². The highest BCUT2D eigenvalue weighted by Crippen LogP contribution is 2.46. The Balaban J connectivity index is 1.68. The Kier molecular flexibility index (Phi) is 3.05. The lowest BCUT2D eigenvalue weighted by atomic mass is 9.72. The van der Waals surface area contributed by atoms with Gasteiger partial charge in [0.1, 0.15) is 13.2 Å². The van der Waals surface area contributed by atoms with E-state index >= 15 is 0 Å². The third kappa shape index (κ3) is 2.08. The van der Waals surface area contributed by atoms with Gasteiger partial charge in [-0.1, -0.05) is 35.9 Å².